The zero-order valence-electron chi connectivity index (χ0n) is 13.9. The first kappa shape index (κ1) is 15.6. The van der Waals surface area contributed by atoms with E-state index in [-0.39, 0.29) is 0 Å². The van der Waals surface area contributed by atoms with Crippen molar-refractivity contribution in [3.8, 4) is 0 Å². The van der Waals surface area contributed by atoms with Crippen LogP contribution in [0.25, 0.3) is 0 Å². The maximum Gasteiger partial charge on any atom is 0.0323 e. The number of fused-ring (bicyclic) bond motifs is 1. The molecule has 20 heavy (non-hydrogen) atoms. The molecule has 0 amide bonds. The van der Waals surface area contributed by atoms with Gasteiger partial charge in [0.15, 0.2) is 0 Å². The zero-order valence-corrected chi connectivity index (χ0v) is 13.9. The Bertz CT molecular complexity index is 445. The van der Waals surface area contributed by atoms with Gasteiger partial charge in [0.1, 0.15) is 0 Å². The van der Waals surface area contributed by atoms with Gasteiger partial charge in [0.05, 0.1) is 0 Å². The van der Waals surface area contributed by atoms with Crippen LogP contribution in [-0.4, -0.2) is 6.54 Å². The topological polar surface area (TPSA) is 12.0 Å². The molecule has 0 fully saturated rings. The minimum Gasteiger partial charge on any atom is -0.310 e. The van der Waals surface area contributed by atoms with Gasteiger partial charge in [-0.3, -0.25) is 0 Å². The second-order valence-electron chi connectivity index (χ2n) is 6.89. The number of nitrogens with one attached hydrogen (secondary N) is 1. The van der Waals surface area contributed by atoms with E-state index in [2.05, 4.69) is 52.1 Å². The van der Waals surface area contributed by atoms with E-state index in [1.165, 1.54) is 31.2 Å². The van der Waals surface area contributed by atoms with Crippen LogP contribution in [-0.2, 0) is 6.42 Å². The Kier molecular flexibility index (Phi) is 5.26. The van der Waals surface area contributed by atoms with Crippen molar-refractivity contribution in [1.29, 1.82) is 0 Å². The molecule has 0 aromatic heterocycles. The highest BCUT2D eigenvalue weighted by molar-refractivity contribution is 5.45. The molecule has 2 rings (SSSR count). The van der Waals surface area contributed by atoms with E-state index in [1.807, 2.05) is 0 Å². The fourth-order valence-electron chi connectivity index (χ4n) is 3.36. The monoisotopic (exact) mass is 273 g/mol. The summed E-state index contributed by atoms with van der Waals surface area (Å²) in [6, 6.07) is 5.53. The molecule has 0 heterocycles. The van der Waals surface area contributed by atoms with Gasteiger partial charge in [0.25, 0.3) is 0 Å². The summed E-state index contributed by atoms with van der Waals surface area (Å²) in [6.45, 7) is 12.7. The Hall–Kier alpha value is -0.820. The minimum absolute atomic E-state index is 0.579. The van der Waals surface area contributed by atoms with E-state index in [9.17, 15) is 0 Å². The normalized spacial score (nSPS) is 18.6. The molecule has 1 unspecified atom stereocenters. The van der Waals surface area contributed by atoms with Crippen molar-refractivity contribution in [2.45, 2.75) is 78.2 Å². The molecule has 0 bridgehead atoms. The first-order valence-electron chi connectivity index (χ1n) is 8.44. The van der Waals surface area contributed by atoms with Crippen LogP contribution in [0.4, 0.5) is 0 Å². The van der Waals surface area contributed by atoms with Crippen LogP contribution < -0.4 is 5.32 Å². The molecule has 1 heteroatoms. The van der Waals surface area contributed by atoms with Gasteiger partial charge in [-0.05, 0) is 66.3 Å². The highest BCUT2D eigenvalue weighted by atomic mass is 14.9. The average molecular weight is 273 g/mol. The minimum atomic E-state index is 0.579. The average Bonchev–Trinajstić information content (AvgIpc) is 2.43. The Balaban J connectivity index is 2.44. The van der Waals surface area contributed by atoms with Crippen LogP contribution in [0.3, 0.4) is 0 Å². The van der Waals surface area contributed by atoms with Gasteiger partial charge >= 0.3 is 0 Å². The highest BCUT2D eigenvalue weighted by Crippen LogP contribution is 2.37. The molecule has 1 aliphatic rings. The second kappa shape index (κ2) is 6.76. The Morgan fingerprint density at radius 2 is 1.90 bits per heavy atom. The molecular formula is C19H31N. The molecule has 1 atom stereocenters. The first-order valence-corrected chi connectivity index (χ1v) is 8.44. The van der Waals surface area contributed by atoms with Crippen LogP contribution >= 0.6 is 0 Å². The molecule has 1 aromatic rings. The Morgan fingerprint density at radius 3 is 2.50 bits per heavy atom. The van der Waals surface area contributed by atoms with Crippen LogP contribution in [0.15, 0.2) is 12.1 Å². The van der Waals surface area contributed by atoms with E-state index >= 15 is 0 Å². The predicted molar refractivity (Wildman–Crippen MR) is 88.6 cm³/mol. The quantitative estimate of drug-likeness (QED) is 0.766. The van der Waals surface area contributed by atoms with Gasteiger partial charge in [-0.2, -0.15) is 0 Å². The van der Waals surface area contributed by atoms with Gasteiger partial charge in [0, 0.05) is 6.04 Å². The molecule has 1 aromatic carbocycles. The van der Waals surface area contributed by atoms with E-state index in [0.29, 0.717) is 17.9 Å². The van der Waals surface area contributed by atoms with Gasteiger partial charge in [-0.1, -0.05) is 46.8 Å². The summed E-state index contributed by atoms with van der Waals surface area (Å²) in [7, 11) is 0. The maximum atomic E-state index is 3.76. The summed E-state index contributed by atoms with van der Waals surface area (Å²) in [5.74, 6) is 1.25. The van der Waals surface area contributed by atoms with Crippen molar-refractivity contribution in [2.75, 3.05) is 6.54 Å². The van der Waals surface area contributed by atoms with Crippen molar-refractivity contribution in [1.82, 2.24) is 5.32 Å². The van der Waals surface area contributed by atoms with Crippen LogP contribution in [0.5, 0.6) is 0 Å². The lowest BCUT2D eigenvalue weighted by Crippen LogP contribution is -2.27. The van der Waals surface area contributed by atoms with Crippen molar-refractivity contribution < 1.29 is 0 Å². The highest BCUT2D eigenvalue weighted by Gasteiger charge is 2.24. The Morgan fingerprint density at radius 1 is 1.15 bits per heavy atom. The third-order valence-corrected chi connectivity index (χ3v) is 4.57. The molecule has 0 spiro atoms. The van der Waals surface area contributed by atoms with Crippen molar-refractivity contribution >= 4 is 0 Å². The van der Waals surface area contributed by atoms with Gasteiger partial charge in [-0.25, -0.2) is 0 Å². The fourth-order valence-corrected chi connectivity index (χ4v) is 3.36. The molecule has 1 nitrogen and oxygen atoms in total. The van der Waals surface area contributed by atoms with E-state index in [4.69, 9.17) is 0 Å². The molecule has 0 aliphatic heterocycles. The third kappa shape index (κ3) is 3.25. The summed E-state index contributed by atoms with van der Waals surface area (Å²) in [5.41, 5.74) is 6.34. The number of hydrogen-bond acceptors (Lipinski definition) is 1. The summed E-state index contributed by atoms with van der Waals surface area (Å²) < 4.78 is 0. The standard InChI is InChI=1S/C19H31N/c1-6-10-20-19-9-7-8-16-17(14(4)5)11-15(13(2)3)12-18(16)19/h11-14,19-20H,6-10H2,1-5H3. The SMILES string of the molecule is CCCNC1CCCc2c(C(C)C)cc(C(C)C)cc21. The smallest absolute Gasteiger partial charge is 0.0323 e. The summed E-state index contributed by atoms with van der Waals surface area (Å²) in [6.07, 6.45) is 5.11. The van der Waals surface area contributed by atoms with E-state index in [0.717, 1.165) is 6.54 Å². The van der Waals surface area contributed by atoms with Crippen LogP contribution in [0, 0.1) is 0 Å². The lowest BCUT2D eigenvalue weighted by molar-refractivity contribution is 0.457. The fraction of sp³-hybridized carbons (Fsp3) is 0.684. The molecule has 1 N–H and O–H groups in total. The van der Waals surface area contributed by atoms with Crippen molar-refractivity contribution in [2.24, 2.45) is 0 Å². The lowest BCUT2D eigenvalue weighted by Gasteiger charge is -2.30. The summed E-state index contributed by atoms with van der Waals surface area (Å²) >= 11 is 0. The molecular weight excluding hydrogens is 242 g/mol. The predicted octanol–water partition coefficient (Wildman–Crippen LogP) is 5.31. The maximum absolute atomic E-state index is 3.76. The molecule has 0 saturated carbocycles. The number of benzene rings is 1. The number of rotatable bonds is 5. The molecule has 0 radical (unpaired) electrons. The lowest BCUT2D eigenvalue weighted by atomic mass is 9.79. The third-order valence-electron chi connectivity index (χ3n) is 4.57. The van der Waals surface area contributed by atoms with E-state index in [1.54, 1.807) is 16.7 Å². The summed E-state index contributed by atoms with van der Waals surface area (Å²) in [5, 5.41) is 3.76. The first-order chi connectivity index (χ1) is 9.54. The molecule has 1 aliphatic carbocycles. The Labute approximate surface area is 125 Å². The summed E-state index contributed by atoms with van der Waals surface area (Å²) in [4.78, 5) is 0. The molecule has 112 valence electrons. The van der Waals surface area contributed by atoms with Crippen LogP contribution in [0.2, 0.25) is 0 Å². The number of hydrogen-bond donors (Lipinski definition) is 1. The van der Waals surface area contributed by atoms with Gasteiger partial charge < -0.3 is 5.32 Å². The van der Waals surface area contributed by atoms with Crippen molar-refractivity contribution in [3.05, 3.63) is 34.4 Å². The van der Waals surface area contributed by atoms with Crippen molar-refractivity contribution in [3.63, 3.8) is 0 Å². The van der Waals surface area contributed by atoms with Gasteiger partial charge in [0.2, 0.25) is 0 Å². The molecule has 0 saturated heterocycles. The second-order valence-corrected chi connectivity index (χ2v) is 6.89. The van der Waals surface area contributed by atoms with Gasteiger partial charge in [-0.15, -0.1) is 0 Å². The largest absolute Gasteiger partial charge is 0.310 e. The van der Waals surface area contributed by atoms with Crippen LogP contribution in [0.1, 0.15) is 94.0 Å². The van der Waals surface area contributed by atoms with E-state index < -0.39 is 0 Å². The zero-order chi connectivity index (χ0) is 14.7.